The van der Waals surface area contributed by atoms with E-state index < -0.39 is 40.6 Å². The van der Waals surface area contributed by atoms with E-state index in [4.69, 9.17) is 5.73 Å². The number of nitrogens with zero attached hydrogens (tertiary/aromatic N) is 1. The quantitative estimate of drug-likeness (QED) is 0.462. The Morgan fingerprint density at radius 1 is 1.43 bits per heavy atom. The topological polar surface area (TPSA) is 124 Å². The number of β-lactam (4-membered cyclic amide) rings is 1. The normalized spacial score (nSPS) is 23.6. The van der Waals surface area contributed by atoms with Crippen LogP contribution in [0.25, 0.3) is 0 Å². The lowest BCUT2D eigenvalue weighted by Gasteiger charge is -2.48. The lowest BCUT2D eigenvalue weighted by atomic mass is 9.99. The van der Waals surface area contributed by atoms with Crippen LogP contribution in [0.1, 0.15) is 5.56 Å². The number of nitrogens with two attached hydrogens (primary N) is 1. The van der Waals surface area contributed by atoms with Crippen LogP contribution in [0, 0.1) is 5.82 Å². The number of aliphatic carboxylic acids is 1. The highest BCUT2D eigenvalue weighted by molar-refractivity contribution is 8.00. The maximum atomic E-state index is 13.5. The summed E-state index contributed by atoms with van der Waals surface area (Å²) in [6, 6.07) is 1.46. The number of benzene rings is 1. The van der Waals surface area contributed by atoms with Crippen molar-refractivity contribution in [2.24, 2.45) is 5.73 Å². The van der Waals surface area contributed by atoms with E-state index in [1.807, 2.05) is 0 Å². The van der Waals surface area contributed by atoms with Gasteiger partial charge < -0.3 is 21.1 Å². The Morgan fingerprint density at radius 2 is 2.13 bits per heavy atom. The minimum atomic E-state index is -1.26. The number of phenolic OH excluding ortho intramolecular Hbond substituents is 2. The molecule has 1 unspecified atom stereocenters. The summed E-state index contributed by atoms with van der Waals surface area (Å²) < 4.78 is 13.5. The van der Waals surface area contributed by atoms with Gasteiger partial charge in [0.05, 0.1) is 0 Å². The van der Waals surface area contributed by atoms with Gasteiger partial charge in [-0.1, -0.05) is 0 Å². The summed E-state index contributed by atoms with van der Waals surface area (Å²) in [7, 11) is 0. The zero-order valence-electron chi connectivity index (χ0n) is 11.7. The molecule has 1 saturated heterocycles. The number of carbonyl (C=O) groups excluding carboxylic acids is 1. The Morgan fingerprint density at radius 3 is 2.74 bits per heavy atom. The van der Waals surface area contributed by atoms with Crippen LogP contribution in [0.3, 0.4) is 0 Å². The number of phenols is 2. The molecule has 2 atom stereocenters. The molecule has 1 aromatic rings. The van der Waals surface area contributed by atoms with Crippen molar-refractivity contribution in [2.75, 3.05) is 5.75 Å². The third kappa shape index (κ3) is 2.41. The van der Waals surface area contributed by atoms with E-state index in [1.165, 1.54) is 11.8 Å². The van der Waals surface area contributed by atoms with Gasteiger partial charge in [-0.15, -0.1) is 11.8 Å². The summed E-state index contributed by atoms with van der Waals surface area (Å²) in [4.78, 5) is 24.5. The first-order valence-corrected chi connectivity index (χ1v) is 7.72. The minimum Gasteiger partial charge on any atom is -0.504 e. The molecule has 0 spiro atoms. The van der Waals surface area contributed by atoms with Gasteiger partial charge in [0.1, 0.15) is 17.1 Å². The molecule has 0 bridgehead atoms. The second kappa shape index (κ2) is 5.43. The molecule has 2 heterocycles. The Balaban J connectivity index is 1.97. The average molecular weight is 340 g/mol. The average Bonchev–Trinajstić information content (AvgIpc) is 2.51. The van der Waals surface area contributed by atoms with E-state index in [-0.39, 0.29) is 12.1 Å². The van der Waals surface area contributed by atoms with Crippen molar-refractivity contribution in [2.45, 2.75) is 17.8 Å². The van der Waals surface area contributed by atoms with Crippen LogP contribution in [0.2, 0.25) is 0 Å². The maximum Gasteiger partial charge on any atom is 0.352 e. The van der Waals surface area contributed by atoms with Gasteiger partial charge in [0.25, 0.3) is 0 Å². The number of carboxylic acid groups (broad SMARTS) is 1. The summed E-state index contributed by atoms with van der Waals surface area (Å²) in [6.45, 7) is 0. The van der Waals surface area contributed by atoms with E-state index in [0.29, 0.717) is 16.9 Å². The van der Waals surface area contributed by atoms with Gasteiger partial charge in [0.15, 0.2) is 17.3 Å². The molecule has 1 aromatic carbocycles. The predicted octanol–water partition coefficient (Wildman–Crippen LogP) is 0.361. The van der Waals surface area contributed by atoms with Crippen LogP contribution in [0.15, 0.2) is 23.4 Å². The number of aromatic hydroxyl groups is 2. The monoisotopic (exact) mass is 340 g/mol. The molecule has 0 radical (unpaired) electrons. The van der Waals surface area contributed by atoms with Crippen molar-refractivity contribution in [3.05, 3.63) is 34.8 Å². The van der Waals surface area contributed by atoms with E-state index >= 15 is 0 Å². The van der Waals surface area contributed by atoms with E-state index in [2.05, 4.69) is 0 Å². The zero-order valence-corrected chi connectivity index (χ0v) is 12.5. The molecule has 3 rings (SSSR count). The number of carbonyl (C=O) groups is 2. The standard InChI is InChI=1S/C14H13FN2O5S/c15-7-2-5(3-8(18)11(7)19)1-6-4-23-13-9(16)12(20)17(13)10(6)14(21)22/h2-3,9,13,18-19H,1,4,16H2,(H,21,22)/t9?,13-/m1/s1. The number of hydrogen-bond acceptors (Lipinski definition) is 6. The Bertz CT molecular complexity index is 728. The fourth-order valence-corrected chi connectivity index (χ4v) is 4.00. The predicted molar refractivity (Wildman–Crippen MR) is 79.2 cm³/mol. The molecule has 5 N–H and O–H groups in total. The van der Waals surface area contributed by atoms with Crippen molar-refractivity contribution in [1.29, 1.82) is 0 Å². The molecule has 0 aliphatic carbocycles. The molecule has 0 saturated carbocycles. The number of carboxylic acids is 1. The highest BCUT2D eigenvalue weighted by Crippen LogP contribution is 2.40. The second-order valence-electron chi connectivity index (χ2n) is 5.32. The molecule has 2 aliphatic heterocycles. The highest BCUT2D eigenvalue weighted by Gasteiger charge is 2.51. The largest absolute Gasteiger partial charge is 0.504 e. The first-order chi connectivity index (χ1) is 10.8. The van der Waals surface area contributed by atoms with Crippen LogP contribution >= 0.6 is 11.8 Å². The first kappa shape index (κ1) is 15.6. The zero-order chi connectivity index (χ0) is 16.9. The second-order valence-corrected chi connectivity index (χ2v) is 6.42. The molecule has 23 heavy (non-hydrogen) atoms. The van der Waals surface area contributed by atoms with Gasteiger partial charge >= 0.3 is 5.97 Å². The first-order valence-electron chi connectivity index (χ1n) is 6.67. The molecule has 9 heteroatoms. The number of amides is 1. The Kier molecular flexibility index (Phi) is 3.69. The van der Waals surface area contributed by atoms with Gasteiger partial charge in [-0.3, -0.25) is 9.69 Å². The van der Waals surface area contributed by atoms with Gasteiger partial charge in [0, 0.05) is 5.75 Å². The summed E-state index contributed by atoms with van der Waals surface area (Å²) in [5.74, 6) is -3.87. The molecule has 2 aliphatic rings. The van der Waals surface area contributed by atoms with E-state index in [1.54, 1.807) is 0 Å². The van der Waals surface area contributed by atoms with Crippen molar-refractivity contribution >= 4 is 23.6 Å². The molecule has 1 amide bonds. The maximum absolute atomic E-state index is 13.5. The number of fused-ring (bicyclic) bond motifs is 1. The number of thioether (sulfide) groups is 1. The SMILES string of the molecule is NC1C(=O)N2C(C(=O)O)=C(Cc3cc(O)c(O)c(F)c3)CS[C@H]12. The van der Waals surface area contributed by atoms with Crippen molar-refractivity contribution in [3.63, 3.8) is 0 Å². The molecular formula is C14H13FN2O5S. The molecule has 1 fully saturated rings. The van der Waals surface area contributed by atoms with Crippen LogP contribution in [0.4, 0.5) is 4.39 Å². The summed E-state index contributed by atoms with van der Waals surface area (Å²) in [5.41, 5.74) is 6.22. The molecule has 0 aromatic heterocycles. The third-order valence-corrected chi connectivity index (χ3v) is 5.17. The number of halogens is 1. The Hall–Kier alpha value is -2.26. The van der Waals surface area contributed by atoms with Crippen molar-refractivity contribution in [1.82, 2.24) is 4.90 Å². The fourth-order valence-electron chi connectivity index (χ4n) is 2.70. The molecule has 122 valence electrons. The van der Waals surface area contributed by atoms with Crippen molar-refractivity contribution < 1.29 is 29.3 Å². The summed E-state index contributed by atoms with van der Waals surface area (Å²) in [6.07, 6.45) is 0.0329. The van der Waals surface area contributed by atoms with Crippen LogP contribution in [-0.2, 0) is 16.0 Å². The minimum absolute atomic E-state index is 0.0329. The molecular weight excluding hydrogens is 327 g/mol. The van der Waals surface area contributed by atoms with Gasteiger partial charge in [-0.2, -0.15) is 0 Å². The Labute approximate surface area is 134 Å². The van der Waals surface area contributed by atoms with Crippen molar-refractivity contribution in [3.8, 4) is 11.5 Å². The van der Waals surface area contributed by atoms with Crippen LogP contribution in [0.5, 0.6) is 11.5 Å². The smallest absolute Gasteiger partial charge is 0.352 e. The fraction of sp³-hybridized carbons (Fsp3) is 0.286. The molecule has 7 nitrogen and oxygen atoms in total. The third-order valence-electron chi connectivity index (χ3n) is 3.81. The number of rotatable bonds is 3. The number of hydrogen-bond donors (Lipinski definition) is 4. The van der Waals surface area contributed by atoms with Crippen LogP contribution in [-0.4, -0.2) is 49.3 Å². The van der Waals surface area contributed by atoms with E-state index in [9.17, 15) is 29.3 Å². The van der Waals surface area contributed by atoms with Gasteiger partial charge in [-0.05, 0) is 29.7 Å². The van der Waals surface area contributed by atoms with Gasteiger partial charge in [-0.25, -0.2) is 9.18 Å². The van der Waals surface area contributed by atoms with Gasteiger partial charge in [0.2, 0.25) is 5.91 Å². The van der Waals surface area contributed by atoms with Crippen LogP contribution < -0.4 is 5.73 Å². The lowest BCUT2D eigenvalue weighted by molar-refractivity contribution is -0.148. The van der Waals surface area contributed by atoms with E-state index in [0.717, 1.165) is 17.0 Å². The summed E-state index contributed by atoms with van der Waals surface area (Å²) in [5, 5.41) is 27.7. The highest BCUT2D eigenvalue weighted by atomic mass is 32.2. The summed E-state index contributed by atoms with van der Waals surface area (Å²) >= 11 is 1.34. The lowest BCUT2D eigenvalue weighted by Crippen LogP contribution is -2.68.